The maximum atomic E-state index is 12.1. The first kappa shape index (κ1) is 21.9. The summed E-state index contributed by atoms with van der Waals surface area (Å²) in [4.78, 5) is 12.1. The van der Waals surface area contributed by atoms with Gasteiger partial charge in [0.2, 0.25) is 0 Å². The summed E-state index contributed by atoms with van der Waals surface area (Å²) in [6.07, 6.45) is 6.05. The van der Waals surface area contributed by atoms with Crippen LogP contribution in [0.25, 0.3) is 0 Å². The van der Waals surface area contributed by atoms with Crippen molar-refractivity contribution in [2.45, 2.75) is 24.7 Å². The normalized spacial score (nSPS) is 13.9. The zero-order valence-corrected chi connectivity index (χ0v) is 17.0. The molecule has 2 aromatic carbocycles. The Morgan fingerprint density at radius 3 is 2.00 bits per heavy atom. The van der Waals surface area contributed by atoms with Crippen molar-refractivity contribution in [1.29, 1.82) is 0 Å². The lowest BCUT2D eigenvalue weighted by Crippen LogP contribution is -2.14. The summed E-state index contributed by atoms with van der Waals surface area (Å²) in [5.41, 5.74) is 1.90. The van der Waals surface area contributed by atoms with E-state index in [2.05, 4.69) is 0 Å². The molecule has 2 atom stereocenters. The molecule has 0 spiro atoms. The second-order valence-electron chi connectivity index (χ2n) is 6.53. The minimum atomic E-state index is -3.51. The van der Waals surface area contributed by atoms with Crippen LogP contribution >= 0.6 is 0 Å². The van der Waals surface area contributed by atoms with Crippen LogP contribution in [0.4, 0.5) is 0 Å². The van der Waals surface area contributed by atoms with E-state index in [0.717, 1.165) is 17.4 Å². The van der Waals surface area contributed by atoms with E-state index in [0.29, 0.717) is 12.8 Å². The number of benzene rings is 2. The van der Waals surface area contributed by atoms with E-state index >= 15 is 0 Å². The molecule has 0 aliphatic rings. The Morgan fingerprint density at radius 2 is 1.46 bits per heavy atom. The third-order valence-electron chi connectivity index (χ3n) is 4.40. The number of carbonyl (C=O) groups excluding carboxylic acids is 1. The van der Waals surface area contributed by atoms with E-state index in [1.807, 2.05) is 72.8 Å². The Bertz CT molecular complexity index is 860. The summed E-state index contributed by atoms with van der Waals surface area (Å²) in [5.74, 6) is -0.749. The average molecular weight is 403 g/mol. The van der Waals surface area contributed by atoms with E-state index in [1.165, 1.54) is 7.11 Å². The van der Waals surface area contributed by atoms with Crippen molar-refractivity contribution in [2.24, 2.45) is 0 Å². The Labute approximate surface area is 167 Å². The third-order valence-corrected chi connectivity index (χ3v) is 4.97. The molecule has 0 aliphatic carbocycles. The van der Waals surface area contributed by atoms with Crippen LogP contribution < -0.4 is 0 Å². The number of carbonyl (C=O) groups is 1. The first-order chi connectivity index (χ1) is 13.4. The molecule has 0 aliphatic heterocycles. The van der Waals surface area contributed by atoms with Gasteiger partial charge in [-0.1, -0.05) is 72.8 Å². The Morgan fingerprint density at radius 1 is 0.929 bits per heavy atom. The van der Waals surface area contributed by atoms with Crippen LogP contribution in [0.1, 0.15) is 35.8 Å². The van der Waals surface area contributed by atoms with Crippen molar-refractivity contribution < 1.29 is 22.1 Å². The number of hydrogen-bond acceptors (Lipinski definition) is 5. The second-order valence-corrected chi connectivity index (χ2v) is 8.17. The molecule has 2 aromatic rings. The van der Waals surface area contributed by atoms with Crippen molar-refractivity contribution in [3.8, 4) is 0 Å². The summed E-state index contributed by atoms with van der Waals surface area (Å²) in [6, 6.07) is 19.1. The van der Waals surface area contributed by atoms with Gasteiger partial charge in [-0.3, -0.25) is 8.98 Å². The summed E-state index contributed by atoms with van der Waals surface area (Å²) < 4.78 is 32.7. The third kappa shape index (κ3) is 7.29. The van der Waals surface area contributed by atoms with Crippen molar-refractivity contribution in [1.82, 2.24) is 0 Å². The number of esters is 1. The molecule has 0 amide bonds. The van der Waals surface area contributed by atoms with Crippen molar-refractivity contribution in [2.75, 3.05) is 20.0 Å². The van der Waals surface area contributed by atoms with Crippen LogP contribution in [-0.4, -0.2) is 34.4 Å². The molecule has 0 fully saturated rings. The number of hydrogen-bond donors (Lipinski definition) is 0. The van der Waals surface area contributed by atoms with Gasteiger partial charge in [-0.25, -0.2) is 0 Å². The number of rotatable bonds is 10. The van der Waals surface area contributed by atoms with Gasteiger partial charge >= 0.3 is 5.97 Å². The highest BCUT2D eigenvalue weighted by Crippen LogP contribution is 2.24. The standard InChI is InChI=1S/C22H26O5S/c1-26-22(23)21(19-13-7-4-8-14-19)16-10-9-15-20(17-27-28(2,24)25)18-11-5-3-6-12-18/h3-14,20-21H,15-17H2,1-2H3. The minimum absolute atomic E-state index is 0.0757. The van der Waals surface area contributed by atoms with Crippen LogP contribution in [0.2, 0.25) is 0 Å². The quantitative estimate of drug-likeness (QED) is 0.341. The van der Waals surface area contributed by atoms with Crippen LogP contribution in [0.5, 0.6) is 0 Å². The predicted molar refractivity (Wildman–Crippen MR) is 110 cm³/mol. The largest absolute Gasteiger partial charge is 0.469 e. The number of methoxy groups -OCH3 is 1. The zero-order chi connectivity index (χ0) is 20.4. The van der Waals surface area contributed by atoms with Crippen molar-refractivity contribution in [3.05, 3.63) is 83.9 Å². The van der Waals surface area contributed by atoms with Crippen molar-refractivity contribution in [3.63, 3.8) is 0 Å². The smallest absolute Gasteiger partial charge is 0.313 e. The van der Waals surface area contributed by atoms with Gasteiger partial charge in [0, 0.05) is 5.92 Å². The molecular formula is C22H26O5S. The summed E-state index contributed by atoms with van der Waals surface area (Å²) in [7, 11) is -2.12. The summed E-state index contributed by atoms with van der Waals surface area (Å²) in [5, 5.41) is 0. The fraction of sp³-hybridized carbons (Fsp3) is 0.318. The number of ether oxygens (including phenoxy) is 1. The Hall–Kier alpha value is -2.44. The molecule has 0 heterocycles. The van der Waals surface area contributed by atoms with Crippen molar-refractivity contribution >= 4 is 16.1 Å². The molecule has 2 unspecified atom stereocenters. The Balaban J connectivity index is 2.05. The summed E-state index contributed by atoms with van der Waals surface area (Å²) in [6.45, 7) is 0.0757. The average Bonchev–Trinajstić information content (AvgIpc) is 2.70. The SMILES string of the molecule is COC(=O)C(CC=CCC(COS(C)(=O)=O)c1ccccc1)c1ccccc1. The highest BCUT2D eigenvalue weighted by atomic mass is 32.2. The van der Waals surface area contributed by atoms with Gasteiger partial charge in [0.15, 0.2) is 0 Å². The van der Waals surface area contributed by atoms with Crippen LogP contribution in [-0.2, 0) is 23.8 Å². The molecule has 0 radical (unpaired) electrons. The van der Waals surface area contributed by atoms with Crippen LogP contribution in [0.3, 0.4) is 0 Å². The number of allylic oxidation sites excluding steroid dienone is 2. The van der Waals surface area contributed by atoms with E-state index < -0.39 is 10.1 Å². The molecule has 5 nitrogen and oxygen atoms in total. The molecule has 150 valence electrons. The van der Waals surface area contributed by atoms with Gasteiger partial charge < -0.3 is 4.74 Å². The van der Waals surface area contributed by atoms with Gasteiger partial charge in [0.25, 0.3) is 10.1 Å². The van der Waals surface area contributed by atoms with E-state index in [4.69, 9.17) is 8.92 Å². The monoisotopic (exact) mass is 402 g/mol. The van der Waals surface area contributed by atoms with E-state index in [-0.39, 0.29) is 24.4 Å². The molecule has 2 rings (SSSR count). The molecule has 6 heteroatoms. The molecule has 0 bridgehead atoms. The van der Waals surface area contributed by atoms with E-state index in [9.17, 15) is 13.2 Å². The van der Waals surface area contributed by atoms with Crippen LogP contribution in [0.15, 0.2) is 72.8 Å². The fourth-order valence-electron chi connectivity index (χ4n) is 2.92. The highest BCUT2D eigenvalue weighted by Gasteiger charge is 2.20. The molecule has 0 N–H and O–H groups in total. The van der Waals surface area contributed by atoms with Crippen LogP contribution in [0, 0.1) is 0 Å². The first-order valence-electron chi connectivity index (χ1n) is 9.08. The molecule has 0 saturated heterocycles. The highest BCUT2D eigenvalue weighted by molar-refractivity contribution is 7.85. The van der Waals surface area contributed by atoms with E-state index in [1.54, 1.807) is 0 Å². The first-order valence-corrected chi connectivity index (χ1v) is 10.9. The van der Waals surface area contributed by atoms with Gasteiger partial charge in [-0.2, -0.15) is 8.42 Å². The Kier molecular flexibility index (Phi) is 8.42. The second kappa shape index (κ2) is 10.8. The molecular weight excluding hydrogens is 376 g/mol. The predicted octanol–water partition coefficient (Wildman–Crippen LogP) is 4.04. The summed E-state index contributed by atoms with van der Waals surface area (Å²) >= 11 is 0. The van der Waals surface area contributed by atoms with Gasteiger partial charge in [0.05, 0.1) is 25.9 Å². The molecule has 0 saturated carbocycles. The fourth-order valence-corrected chi connectivity index (χ4v) is 3.33. The van der Waals surface area contributed by atoms with Gasteiger partial charge in [0.1, 0.15) is 0 Å². The van der Waals surface area contributed by atoms with Gasteiger partial charge in [-0.05, 0) is 24.0 Å². The maximum absolute atomic E-state index is 12.1. The topological polar surface area (TPSA) is 69.7 Å². The lowest BCUT2D eigenvalue weighted by Gasteiger charge is -2.16. The molecule has 0 aromatic heterocycles. The zero-order valence-electron chi connectivity index (χ0n) is 16.2. The minimum Gasteiger partial charge on any atom is -0.469 e. The maximum Gasteiger partial charge on any atom is 0.313 e. The lowest BCUT2D eigenvalue weighted by atomic mass is 9.93. The van der Waals surface area contributed by atoms with Gasteiger partial charge in [-0.15, -0.1) is 0 Å². The lowest BCUT2D eigenvalue weighted by molar-refractivity contribution is -0.142. The molecule has 28 heavy (non-hydrogen) atoms.